The van der Waals surface area contributed by atoms with E-state index in [1.54, 1.807) is 21.8 Å². The number of methoxy groups -OCH3 is 1. The lowest BCUT2D eigenvalue weighted by atomic mass is 10.2. The molecule has 2 heterocycles. The average Bonchev–Trinajstić information content (AvgIpc) is 2.90. The van der Waals surface area contributed by atoms with E-state index in [1.807, 2.05) is 24.3 Å². The van der Waals surface area contributed by atoms with Crippen molar-refractivity contribution in [3.8, 4) is 5.75 Å². The molecule has 1 aromatic rings. The summed E-state index contributed by atoms with van der Waals surface area (Å²) < 4.78 is 5.21. The van der Waals surface area contributed by atoms with Gasteiger partial charge in [-0.2, -0.15) is 0 Å². The highest BCUT2D eigenvalue weighted by molar-refractivity contribution is 5.98. The number of carbonyl (C=O) groups is 3. The van der Waals surface area contributed by atoms with Crippen molar-refractivity contribution >= 4 is 23.4 Å². The largest absolute Gasteiger partial charge is 0.497 e. The molecule has 0 unspecified atom stereocenters. The van der Waals surface area contributed by atoms with Gasteiger partial charge in [0.05, 0.1) is 7.11 Å². The maximum Gasteiger partial charge on any atom is 0.246 e. The van der Waals surface area contributed by atoms with Gasteiger partial charge in [0.25, 0.3) is 0 Å². The van der Waals surface area contributed by atoms with Crippen molar-refractivity contribution in [1.29, 1.82) is 0 Å². The van der Waals surface area contributed by atoms with Crippen molar-refractivity contribution < 1.29 is 19.1 Å². The molecule has 2 aliphatic heterocycles. The highest BCUT2D eigenvalue weighted by Gasteiger charge is 2.28. The van der Waals surface area contributed by atoms with Gasteiger partial charge in [0.2, 0.25) is 17.7 Å². The molecule has 7 nitrogen and oxygen atoms in total. The molecule has 3 rings (SSSR count). The summed E-state index contributed by atoms with van der Waals surface area (Å²) >= 11 is 0. The highest BCUT2D eigenvalue weighted by atomic mass is 16.5. The van der Waals surface area contributed by atoms with Crippen LogP contribution in [0.1, 0.15) is 32.1 Å². The zero-order valence-corrected chi connectivity index (χ0v) is 15.9. The number of nitrogens with zero attached hydrogens (tertiary/aromatic N) is 3. The summed E-state index contributed by atoms with van der Waals surface area (Å²) in [5, 5.41) is 0. The van der Waals surface area contributed by atoms with Crippen LogP contribution in [0.5, 0.6) is 5.75 Å². The first kappa shape index (κ1) is 19.2. The number of likely N-dealkylation sites (tertiary alicyclic amines) is 1. The molecule has 146 valence electrons. The Kier molecular flexibility index (Phi) is 6.32. The first-order valence-corrected chi connectivity index (χ1v) is 9.58. The molecule has 7 heteroatoms. The molecule has 0 radical (unpaired) electrons. The molecule has 1 aromatic carbocycles. The maximum absolute atomic E-state index is 12.5. The van der Waals surface area contributed by atoms with E-state index in [9.17, 15) is 14.4 Å². The third kappa shape index (κ3) is 4.78. The molecule has 2 saturated heterocycles. The van der Waals surface area contributed by atoms with Gasteiger partial charge >= 0.3 is 0 Å². The van der Waals surface area contributed by atoms with Crippen LogP contribution in [0, 0.1) is 0 Å². The van der Waals surface area contributed by atoms with Crippen LogP contribution in [0.4, 0.5) is 5.69 Å². The number of anilines is 1. The van der Waals surface area contributed by atoms with Crippen molar-refractivity contribution in [2.45, 2.75) is 32.1 Å². The fraction of sp³-hybridized carbons (Fsp3) is 0.550. The summed E-state index contributed by atoms with van der Waals surface area (Å²) in [4.78, 5) is 42.2. The minimum absolute atomic E-state index is 0.0642. The van der Waals surface area contributed by atoms with Crippen molar-refractivity contribution in [1.82, 2.24) is 9.80 Å². The lowest BCUT2D eigenvalue weighted by molar-refractivity contribution is -0.138. The second-order valence-electron chi connectivity index (χ2n) is 7.00. The molecule has 0 atom stereocenters. The van der Waals surface area contributed by atoms with E-state index in [0.717, 1.165) is 31.5 Å². The summed E-state index contributed by atoms with van der Waals surface area (Å²) in [6.07, 6.45) is 3.85. The number of benzene rings is 1. The van der Waals surface area contributed by atoms with Crippen LogP contribution in [0.25, 0.3) is 0 Å². The fourth-order valence-electron chi connectivity index (χ4n) is 3.60. The van der Waals surface area contributed by atoms with Crippen LogP contribution in [-0.4, -0.2) is 67.4 Å². The minimum atomic E-state index is -0.103. The van der Waals surface area contributed by atoms with Crippen molar-refractivity contribution in [3.63, 3.8) is 0 Å². The van der Waals surface area contributed by atoms with E-state index in [4.69, 9.17) is 4.74 Å². The summed E-state index contributed by atoms with van der Waals surface area (Å²) in [5.41, 5.74) is 0.779. The Bertz CT molecular complexity index is 706. The van der Waals surface area contributed by atoms with Gasteiger partial charge in [-0.05, 0) is 25.0 Å². The molecule has 0 N–H and O–H groups in total. The predicted molar refractivity (Wildman–Crippen MR) is 102 cm³/mol. The number of hydrogen-bond donors (Lipinski definition) is 0. The summed E-state index contributed by atoms with van der Waals surface area (Å²) in [7, 11) is 1.59. The zero-order chi connectivity index (χ0) is 19.2. The lowest BCUT2D eigenvalue weighted by Crippen LogP contribution is -2.52. The van der Waals surface area contributed by atoms with E-state index in [0.29, 0.717) is 31.8 Å². The van der Waals surface area contributed by atoms with Gasteiger partial charge in [-0.25, -0.2) is 0 Å². The first-order chi connectivity index (χ1) is 13.1. The van der Waals surface area contributed by atoms with Gasteiger partial charge in [0.15, 0.2) is 0 Å². The predicted octanol–water partition coefficient (Wildman–Crippen LogP) is 1.66. The van der Waals surface area contributed by atoms with Gasteiger partial charge in [0.1, 0.15) is 12.3 Å². The Labute approximate surface area is 159 Å². The summed E-state index contributed by atoms with van der Waals surface area (Å²) in [6, 6.07) is 7.36. The topological polar surface area (TPSA) is 70.2 Å². The minimum Gasteiger partial charge on any atom is -0.497 e. The summed E-state index contributed by atoms with van der Waals surface area (Å²) in [6.45, 7) is 2.21. The number of hydrogen-bond acceptors (Lipinski definition) is 4. The monoisotopic (exact) mass is 373 g/mol. The van der Waals surface area contributed by atoms with Crippen molar-refractivity contribution in [3.05, 3.63) is 24.3 Å². The number of amides is 3. The molecule has 3 amide bonds. The second-order valence-corrected chi connectivity index (χ2v) is 7.00. The number of rotatable bonds is 5. The lowest BCUT2D eigenvalue weighted by Gasteiger charge is -2.34. The Balaban J connectivity index is 1.53. The van der Waals surface area contributed by atoms with Gasteiger partial charge in [-0.1, -0.05) is 12.5 Å². The molecule has 0 saturated carbocycles. The molecule has 2 fully saturated rings. The van der Waals surface area contributed by atoms with Gasteiger partial charge in [-0.3, -0.25) is 14.4 Å². The zero-order valence-electron chi connectivity index (χ0n) is 15.9. The molecule has 2 aliphatic rings. The van der Waals surface area contributed by atoms with E-state index in [1.165, 1.54) is 0 Å². The highest BCUT2D eigenvalue weighted by Crippen LogP contribution is 2.23. The van der Waals surface area contributed by atoms with Crippen LogP contribution >= 0.6 is 0 Å². The van der Waals surface area contributed by atoms with Crippen molar-refractivity contribution in [2.24, 2.45) is 0 Å². The number of carbonyl (C=O) groups excluding carboxylic acids is 3. The standard InChI is InChI=1S/C20H27N3O4/c1-27-17-7-5-6-16(14-17)23-13-12-22(15-20(23)26)19(25)9-11-21-10-4-2-3-8-18(21)24/h5-7,14H,2-4,8-13,15H2,1H3. The molecule has 0 spiro atoms. The molecule has 0 aliphatic carbocycles. The molecular formula is C20H27N3O4. The maximum atomic E-state index is 12.5. The average molecular weight is 373 g/mol. The third-order valence-corrected chi connectivity index (χ3v) is 5.21. The fourth-order valence-corrected chi connectivity index (χ4v) is 3.60. The van der Waals surface area contributed by atoms with Crippen LogP contribution in [-0.2, 0) is 14.4 Å². The first-order valence-electron chi connectivity index (χ1n) is 9.58. The Hall–Kier alpha value is -2.57. The van der Waals surface area contributed by atoms with E-state index in [2.05, 4.69) is 0 Å². The molecular weight excluding hydrogens is 346 g/mol. The van der Waals surface area contributed by atoms with Gasteiger partial charge in [0, 0.05) is 50.8 Å². The number of piperazine rings is 1. The van der Waals surface area contributed by atoms with Gasteiger partial charge in [-0.15, -0.1) is 0 Å². The SMILES string of the molecule is COc1cccc(N2CCN(C(=O)CCN3CCCCCC3=O)CC2=O)c1. The Morgan fingerprint density at radius 3 is 2.70 bits per heavy atom. The van der Waals surface area contributed by atoms with Crippen molar-refractivity contribution in [2.75, 3.05) is 44.7 Å². The van der Waals surface area contributed by atoms with Crippen LogP contribution in [0.3, 0.4) is 0 Å². The molecule has 0 aromatic heterocycles. The van der Waals surface area contributed by atoms with Gasteiger partial charge < -0.3 is 19.4 Å². The summed E-state index contributed by atoms with van der Waals surface area (Å²) in [5.74, 6) is 0.666. The van der Waals surface area contributed by atoms with Crippen LogP contribution < -0.4 is 9.64 Å². The Morgan fingerprint density at radius 1 is 1.07 bits per heavy atom. The van der Waals surface area contributed by atoms with Crippen LogP contribution in [0.2, 0.25) is 0 Å². The number of ether oxygens (including phenoxy) is 1. The van der Waals surface area contributed by atoms with Crippen LogP contribution in [0.15, 0.2) is 24.3 Å². The van der Waals surface area contributed by atoms with E-state index < -0.39 is 0 Å². The van der Waals surface area contributed by atoms with E-state index >= 15 is 0 Å². The quantitative estimate of drug-likeness (QED) is 0.787. The second kappa shape index (κ2) is 8.88. The normalized spacial score (nSPS) is 18.5. The Morgan fingerprint density at radius 2 is 1.93 bits per heavy atom. The molecule has 27 heavy (non-hydrogen) atoms. The smallest absolute Gasteiger partial charge is 0.246 e. The third-order valence-electron chi connectivity index (χ3n) is 5.21. The molecule has 0 bridgehead atoms. The van der Waals surface area contributed by atoms with E-state index in [-0.39, 0.29) is 30.7 Å².